The Morgan fingerprint density at radius 3 is 2.38 bits per heavy atom. The molecule has 2 heterocycles. The Morgan fingerprint density at radius 1 is 1.04 bits per heavy atom. The Labute approximate surface area is 140 Å². The quantitative estimate of drug-likeness (QED) is 0.645. The number of allylic oxidation sites excluding steroid dienone is 2. The van der Waals surface area contributed by atoms with Gasteiger partial charge in [0.1, 0.15) is 0 Å². The van der Waals surface area contributed by atoms with Crippen LogP contribution in [-0.2, 0) is 16.1 Å². The van der Waals surface area contributed by atoms with E-state index >= 15 is 0 Å². The fraction of sp³-hybridized carbons (Fsp3) is 0.316. The maximum atomic E-state index is 12.6. The van der Waals surface area contributed by atoms with Gasteiger partial charge in [-0.1, -0.05) is 36.4 Å². The summed E-state index contributed by atoms with van der Waals surface area (Å²) in [5, 5.41) is 4.47. The molecule has 0 unspecified atom stereocenters. The second-order valence-electron chi connectivity index (χ2n) is 6.47. The summed E-state index contributed by atoms with van der Waals surface area (Å²) in [6.07, 6.45) is 7.10. The van der Waals surface area contributed by atoms with Crippen molar-refractivity contribution < 1.29 is 9.59 Å². The minimum Gasteiger partial charge on any atom is -0.274 e. The molecule has 2 aromatic rings. The van der Waals surface area contributed by atoms with Crippen LogP contribution in [0.1, 0.15) is 24.0 Å². The van der Waals surface area contributed by atoms with Gasteiger partial charge >= 0.3 is 0 Å². The van der Waals surface area contributed by atoms with Gasteiger partial charge in [0.25, 0.3) is 0 Å². The fourth-order valence-electron chi connectivity index (χ4n) is 3.55. The van der Waals surface area contributed by atoms with Crippen LogP contribution in [0.15, 0.2) is 48.7 Å². The molecule has 122 valence electrons. The van der Waals surface area contributed by atoms with Gasteiger partial charge < -0.3 is 0 Å². The number of fused-ring (bicyclic) bond motifs is 1. The van der Waals surface area contributed by atoms with Crippen molar-refractivity contribution in [3.63, 3.8) is 0 Å². The highest BCUT2D eigenvalue weighted by Gasteiger charge is 2.48. The molecule has 0 radical (unpaired) electrons. The zero-order chi connectivity index (χ0) is 16.7. The Bertz CT molecular complexity index is 811. The smallest absolute Gasteiger partial charge is 0.239 e. The van der Waals surface area contributed by atoms with E-state index in [1.54, 1.807) is 10.7 Å². The third-order valence-corrected chi connectivity index (χ3v) is 4.96. The first-order valence-electron chi connectivity index (χ1n) is 8.26. The van der Waals surface area contributed by atoms with Crippen molar-refractivity contribution in [1.29, 1.82) is 0 Å². The molecule has 1 fully saturated rings. The van der Waals surface area contributed by atoms with E-state index < -0.39 is 0 Å². The lowest BCUT2D eigenvalue weighted by atomic mass is 9.85. The molecule has 1 aliphatic heterocycles. The highest BCUT2D eigenvalue weighted by molar-refractivity contribution is 6.21. The SMILES string of the molecule is Cc1ccccc1Cn1ccc(N2C(=O)[C@@H]3CC=CC[C@H]3C2=O)n1. The molecule has 0 spiro atoms. The normalized spacial score (nSPS) is 23.0. The van der Waals surface area contributed by atoms with Crippen LogP contribution >= 0.6 is 0 Å². The lowest BCUT2D eigenvalue weighted by Crippen LogP contribution is -2.31. The third-order valence-electron chi connectivity index (χ3n) is 4.96. The van der Waals surface area contributed by atoms with Crippen LogP contribution in [0.4, 0.5) is 5.82 Å². The fourth-order valence-corrected chi connectivity index (χ4v) is 3.55. The highest BCUT2D eigenvalue weighted by atomic mass is 16.2. The van der Waals surface area contributed by atoms with Crippen LogP contribution in [0, 0.1) is 18.8 Å². The lowest BCUT2D eigenvalue weighted by Gasteiger charge is -2.14. The first-order valence-corrected chi connectivity index (χ1v) is 8.26. The standard InChI is InChI=1S/C19H19N3O2/c1-13-6-2-3-7-14(13)12-21-11-10-17(20-21)22-18(23)15-8-4-5-9-16(15)19(22)24/h2-7,10-11,15-16H,8-9,12H2,1H3/t15-,16-/m1/s1. The number of amides is 2. The van der Waals surface area contributed by atoms with E-state index in [-0.39, 0.29) is 23.7 Å². The van der Waals surface area contributed by atoms with E-state index in [1.807, 2.05) is 30.5 Å². The van der Waals surface area contributed by atoms with Gasteiger partial charge in [0.2, 0.25) is 11.8 Å². The van der Waals surface area contributed by atoms with Gasteiger partial charge in [0.05, 0.1) is 18.4 Å². The number of nitrogens with zero attached hydrogens (tertiary/aromatic N) is 3. The molecule has 0 saturated carbocycles. The molecule has 1 saturated heterocycles. The molecular formula is C19H19N3O2. The Balaban J connectivity index is 1.58. The van der Waals surface area contributed by atoms with Crippen molar-refractivity contribution in [3.8, 4) is 0 Å². The van der Waals surface area contributed by atoms with Gasteiger partial charge in [-0.3, -0.25) is 14.3 Å². The molecule has 2 amide bonds. The van der Waals surface area contributed by atoms with E-state index in [0.29, 0.717) is 25.2 Å². The molecule has 1 aliphatic carbocycles. The Morgan fingerprint density at radius 2 is 1.71 bits per heavy atom. The van der Waals surface area contributed by atoms with E-state index in [2.05, 4.69) is 24.2 Å². The Kier molecular flexibility index (Phi) is 3.56. The van der Waals surface area contributed by atoms with Crippen molar-refractivity contribution >= 4 is 17.6 Å². The molecule has 4 rings (SSSR count). The van der Waals surface area contributed by atoms with E-state index in [9.17, 15) is 9.59 Å². The van der Waals surface area contributed by atoms with Crippen molar-refractivity contribution in [3.05, 3.63) is 59.8 Å². The van der Waals surface area contributed by atoms with Crippen LogP contribution in [-0.4, -0.2) is 21.6 Å². The number of anilines is 1. The molecule has 2 aliphatic rings. The first kappa shape index (κ1) is 14.9. The number of aromatic nitrogens is 2. The van der Waals surface area contributed by atoms with Crippen molar-refractivity contribution in [1.82, 2.24) is 9.78 Å². The molecular weight excluding hydrogens is 302 g/mol. The van der Waals surface area contributed by atoms with Gasteiger partial charge in [-0.15, -0.1) is 0 Å². The van der Waals surface area contributed by atoms with Crippen LogP contribution < -0.4 is 4.90 Å². The second-order valence-corrected chi connectivity index (χ2v) is 6.47. The van der Waals surface area contributed by atoms with Crippen LogP contribution in [0.2, 0.25) is 0 Å². The molecule has 1 aromatic heterocycles. The predicted molar refractivity (Wildman–Crippen MR) is 90.4 cm³/mol. The summed E-state index contributed by atoms with van der Waals surface area (Å²) in [5.74, 6) is -0.230. The van der Waals surface area contributed by atoms with Gasteiger partial charge in [-0.2, -0.15) is 5.10 Å². The van der Waals surface area contributed by atoms with E-state index in [1.165, 1.54) is 16.0 Å². The molecule has 5 nitrogen and oxygen atoms in total. The Hall–Kier alpha value is -2.69. The number of rotatable bonds is 3. The van der Waals surface area contributed by atoms with Crippen LogP contribution in [0.25, 0.3) is 0 Å². The van der Waals surface area contributed by atoms with E-state index in [4.69, 9.17) is 0 Å². The monoisotopic (exact) mass is 321 g/mol. The van der Waals surface area contributed by atoms with Gasteiger partial charge in [-0.05, 0) is 30.9 Å². The maximum absolute atomic E-state index is 12.6. The summed E-state index contributed by atoms with van der Waals surface area (Å²) in [6, 6.07) is 9.87. The number of imide groups is 1. The van der Waals surface area contributed by atoms with Gasteiger partial charge in [0.15, 0.2) is 5.82 Å². The minimum absolute atomic E-state index is 0.115. The first-order chi connectivity index (χ1) is 11.6. The average molecular weight is 321 g/mol. The zero-order valence-corrected chi connectivity index (χ0v) is 13.6. The summed E-state index contributed by atoms with van der Waals surface area (Å²) in [4.78, 5) is 26.5. The minimum atomic E-state index is -0.219. The summed E-state index contributed by atoms with van der Waals surface area (Å²) >= 11 is 0. The number of carbonyl (C=O) groups is 2. The molecule has 1 aromatic carbocycles. The summed E-state index contributed by atoms with van der Waals surface area (Å²) in [7, 11) is 0. The summed E-state index contributed by atoms with van der Waals surface area (Å²) < 4.78 is 1.78. The molecule has 5 heteroatoms. The molecule has 2 atom stereocenters. The topological polar surface area (TPSA) is 55.2 Å². The molecule has 24 heavy (non-hydrogen) atoms. The third kappa shape index (κ3) is 2.37. The van der Waals surface area contributed by atoms with Gasteiger partial charge in [0, 0.05) is 12.3 Å². The van der Waals surface area contributed by atoms with Crippen molar-refractivity contribution in [2.75, 3.05) is 4.90 Å². The average Bonchev–Trinajstić information content (AvgIpc) is 3.14. The number of hydrogen-bond donors (Lipinski definition) is 0. The molecule has 0 bridgehead atoms. The number of hydrogen-bond acceptors (Lipinski definition) is 3. The van der Waals surface area contributed by atoms with Crippen LogP contribution in [0.5, 0.6) is 0 Å². The highest BCUT2D eigenvalue weighted by Crippen LogP contribution is 2.37. The number of aryl methyl sites for hydroxylation is 1. The second kappa shape index (κ2) is 5.74. The number of carbonyl (C=O) groups excluding carboxylic acids is 2. The lowest BCUT2D eigenvalue weighted by molar-refractivity contribution is -0.122. The number of benzene rings is 1. The maximum Gasteiger partial charge on any atom is 0.239 e. The largest absolute Gasteiger partial charge is 0.274 e. The van der Waals surface area contributed by atoms with Crippen LogP contribution in [0.3, 0.4) is 0 Å². The van der Waals surface area contributed by atoms with Crippen molar-refractivity contribution in [2.45, 2.75) is 26.3 Å². The summed E-state index contributed by atoms with van der Waals surface area (Å²) in [5.41, 5.74) is 2.36. The summed E-state index contributed by atoms with van der Waals surface area (Å²) in [6.45, 7) is 2.68. The zero-order valence-electron chi connectivity index (χ0n) is 13.6. The van der Waals surface area contributed by atoms with E-state index in [0.717, 1.165) is 0 Å². The van der Waals surface area contributed by atoms with Crippen molar-refractivity contribution in [2.24, 2.45) is 11.8 Å². The van der Waals surface area contributed by atoms with Gasteiger partial charge in [-0.25, -0.2) is 4.90 Å². The predicted octanol–water partition coefficient (Wildman–Crippen LogP) is 2.70. The molecule has 0 N–H and O–H groups in total.